The molecule has 2 unspecified atom stereocenters. The van der Waals surface area contributed by atoms with Gasteiger partial charge in [0.05, 0.1) is 17.2 Å². The molecule has 0 radical (unpaired) electrons. The Kier molecular flexibility index (Phi) is 5.05. The first-order valence-corrected chi connectivity index (χ1v) is 8.82. The molecule has 152 valence electrons. The van der Waals surface area contributed by atoms with Crippen molar-refractivity contribution in [3.05, 3.63) is 83.5 Å². The average molecular weight is 413 g/mol. The molecule has 0 spiro atoms. The van der Waals surface area contributed by atoms with Crippen molar-refractivity contribution in [1.29, 1.82) is 0 Å². The smallest absolute Gasteiger partial charge is 0.323 e. The SMILES string of the molecule is O=C(Nc1cccc(F)c1)Nc1cc(F)cc(C(=O)C2=CNC3N=NC=CC23)c1F. The predicted octanol–water partition coefficient (Wildman–Crippen LogP) is 4.34. The van der Waals surface area contributed by atoms with E-state index in [1.807, 2.05) is 0 Å². The summed E-state index contributed by atoms with van der Waals surface area (Å²) in [6.45, 7) is 0. The van der Waals surface area contributed by atoms with Crippen LogP contribution in [0.4, 0.5) is 29.3 Å². The second-order valence-electron chi connectivity index (χ2n) is 6.54. The second-order valence-corrected chi connectivity index (χ2v) is 6.54. The molecule has 0 aromatic heterocycles. The average Bonchev–Trinajstić information content (AvgIpc) is 3.14. The van der Waals surface area contributed by atoms with Crippen molar-refractivity contribution in [2.45, 2.75) is 6.17 Å². The molecule has 7 nitrogen and oxygen atoms in total. The van der Waals surface area contributed by atoms with E-state index < -0.39 is 52.6 Å². The van der Waals surface area contributed by atoms with Crippen LogP contribution in [0.2, 0.25) is 0 Å². The molecule has 30 heavy (non-hydrogen) atoms. The highest BCUT2D eigenvalue weighted by atomic mass is 19.1. The van der Waals surface area contributed by atoms with Gasteiger partial charge < -0.3 is 16.0 Å². The molecule has 0 fully saturated rings. The van der Waals surface area contributed by atoms with Gasteiger partial charge in [0, 0.05) is 29.7 Å². The molecule has 2 heterocycles. The van der Waals surface area contributed by atoms with Crippen molar-refractivity contribution >= 4 is 23.2 Å². The number of fused-ring (bicyclic) bond motifs is 1. The molecule has 3 N–H and O–H groups in total. The Hall–Kier alpha value is -3.95. The van der Waals surface area contributed by atoms with Crippen molar-refractivity contribution < 1.29 is 22.8 Å². The summed E-state index contributed by atoms with van der Waals surface area (Å²) in [7, 11) is 0. The number of hydrogen-bond donors (Lipinski definition) is 3. The number of anilines is 2. The summed E-state index contributed by atoms with van der Waals surface area (Å²) in [5.74, 6) is -3.80. The fourth-order valence-electron chi connectivity index (χ4n) is 3.17. The van der Waals surface area contributed by atoms with Crippen LogP contribution >= 0.6 is 0 Å². The third-order valence-corrected chi connectivity index (χ3v) is 4.53. The lowest BCUT2D eigenvalue weighted by Gasteiger charge is -2.17. The Labute approximate surface area is 168 Å². The Morgan fingerprint density at radius 3 is 2.67 bits per heavy atom. The van der Waals surface area contributed by atoms with E-state index in [-0.39, 0.29) is 11.3 Å². The minimum absolute atomic E-state index is 0.118. The molecule has 2 aromatic rings. The van der Waals surface area contributed by atoms with Gasteiger partial charge in [-0.05, 0) is 24.3 Å². The third kappa shape index (κ3) is 3.79. The van der Waals surface area contributed by atoms with Crippen LogP contribution in [0.15, 0.2) is 70.7 Å². The Morgan fingerprint density at radius 2 is 1.87 bits per heavy atom. The zero-order chi connectivity index (χ0) is 21.3. The van der Waals surface area contributed by atoms with Gasteiger partial charge in [0.2, 0.25) is 0 Å². The van der Waals surface area contributed by atoms with Gasteiger partial charge in [0.1, 0.15) is 17.8 Å². The molecular weight excluding hydrogens is 399 g/mol. The highest BCUT2D eigenvalue weighted by molar-refractivity contribution is 6.11. The van der Waals surface area contributed by atoms with Crippen molar-refractivity contribution in [2.75, 3.05) is 10.6 Å². The molecule has 0 saturated heterocycles. The van der Waals surface area contributed by atoms with Crippen molar-refractivity contribution in [3.63, 3.8) is 0 Å². The highest BCUT2D eigenvalue weighted by Gasteiger charge is 2.35. The van der Waals surface area contributed by atoms with Crippen LogP contribution in [-0.4, -0.2) is 18.0 Å². The predicted molar refractivity (Wildman–Crippen MR) is 102 cm³/mol. The summed E-state index contributed by atoms with van der Waals surface area (Å²) in [4.78, 5) is 25.0. The Balaban J connectivity index is 1.56. The van der Waals surface area contributed by atoms with Crippen LogP contribution in [0.5, 0.6) is 0 Å². The number of benzene rings is 2. The topological polar surface area (TPSA) is 95.0 Å². The van der Waals surface area contributed by atoms with E-state index in [1.54, 1.807) is 6.08 Å². The van der Waals surface area contributed by atoms with E-state index in [4.69, 9.17) is 0 Å². The van der Waals surface area contributed by atoms with Crippen molar-refractivity contribution in [1.82, 2.24) is 5.32 Å². The van der Waals surface area contributed by atoms with E-state index in [9.17, 15) is 22.8 Å². The van der Waals surface area contributed by atoms with Gasteiger partial charge in [-0.3, -0.25) is 4.79 Å². The lowest BCUT2D eigenvalue weighted by molar-refractivity contribution is 0.102. The van der Waals surface area contributed by atoms with E-state index in [0.29, 0.717) is 0 Å². The lowest BCUT2D eigenvalue weighted by Crippen LogP contribution is -2.26. The first-order valence-electron chi connectivity index (χ1n) is 8.82. The molecule has 2 aliphatic rings. The van der Waals surface area contributed by atoms with Gasteiger partial charge >= 0.3 is 6.03 Å². The number of halogens is 3. The molecule has 2 amide bonds. The first-order chi connectivity index (χ1) is 14.4. The number of rotatable bonds is 4. The maximum atomic E-state index is 14.9. The second kappa shape index (κ2) is 7.82. The molecule has 4 rings (SSSR count). The van der Waals surface area contributed by atoms with Crippen molar-refractivity contribution in [2.24, 2.45) is 16.1 Å². The van der Waals surface area contributed by atoms with Gasteiger partial charge in [0.25, 0.3) is 0 Å². The Morgan fingerprint density at radius 1 is 1.03 bits per heavy atom. The van der Waals surface area contributed by atoms with Crippen LogP contribution in [0.25, 0.3) is 0 Å². The van der Waals surface area contributed by atoms with E-state index in [1.165, 1.54) is 30.6 Å². The zero-order valence-corrected chi connectivity index (χ0v) is 15.2. The molecule has 0 saturated carbocycles. The zero-order valence-electron chi connectivity index (χ0n) is 15.2. The minimum Gasteiger partial charge on any atom is -0.367 e. The highest BCUT2D eigenvalue weighted by Crippen LogP contribution is 2.31. The summed E-state index contributed by atoms with van der Waals surface area (Å²) in [6.07, 6.45) is 3.95. The maximum absolute atomic E-state index is 14.9. The van der Waals surface area contributed by atoms with Gasteiger partial charge in [-0.2, -0.15) is 10.2 Å². The van der Waals surface area contributed by atoms with Crippen LogP contribution < -0.4 is 16.0 Å². The number of hydrogen-bond acceptors (Lipinski definition) is 5. The summed E-state index contributed by atoms with van der Waals surface area (Å²) in [5.41, 5.74) is -0.767. The third-order valence-electron chi connectivity index (χ3n) is 4.53. The first kappa shape index (κ1) is 19.4. The number of nitrogens with one attached hydrogen (secondary N) is 3. The number of urea groups is 1. The van der Waals surface area contributed by atoms with Gasteiger partial charge in [-0.25, -0.2) is 18.0 Å². The molecule has 2 aliphatic heterocycles. The Bertz CT molecular complexity index is 1130. The van der Waals surface area contributed by atoms with E-state index in [2.05, 4.69) is 26.2 Å². The minimum atomic E-state index is -1.10. The molecular formula is C20H14F3N5O2. The van der Waals surface area contributed by atoms with E-state index >= 15 is 0 Å². The summed E-state index contributed by atoms with van der Waals surface area (Å²) < 4.78 is 42.3. The normalized spacial score (nSPS) is 19.0. The number of ketones is 1. The summed E-state index contributed by atoms with van der Waals surface area (Å²) >= 11 is 0. The van der Waals surface area contributed by atoms with Crippen LogP contribution in [-0.2, 0) is 0 Å². The van der Waals surface area contributed by atoms with Gasteiger partial charge in [0.15, 0.2) is 11.6 Å². The number of azo groups is 1. The molecule has 2 atom stereocenters. The molecule has 2 aromatic carbocycles. The summed E-state index contributed by atoms with van der Waals surface area (Å²) in [5, 5.41) is 14.9. The van der Waals surface area contributed by atoms with E-state index in [0.717, 1.165) is 18.2 Å². The molecule has 10 heteroatoms. The maximum Gasteiger partial charge on any atom is 0.323 e. The summed E-state index contributed by atoms with van der Waals surface area (Å²) in [6, 6.07) is 5.62. The van der Waals surface area contributed by atoms with Crippen LogP contribution in [0.3, 0.4) is 0 Å². The fraction of sp³-hybridized carbons (Fsp3) is 0.100. The number of nitrogens with zero attached hydrogens (tertiary/aromatic N) is 2. The van der Waals surface area contributed by atoms with Crippen molar-refractivity contribution in [3.8, 4) is 0 Å². The number of carbonyl (C=O) groups is 2. The molecule has 0 aliphatic carbocycles. The van der Waals surface area contributed by atoms with Crippen LogP contribution in [0, 0.1) is 23.4 Å². The van der Waals surface area contributed by atoms with Gasteiger partial charge in [-0.15, -0.1) is 0 Å². The largest absolute Gasteiger partial charge is 0.367 e. The quantitative estimate of drug-likeness (QED) is 0.651. The van der Waals surface area contributed by atoms with Crippen LogP contribution in [0.1, 0.15) is 10.4 Å². The van der Waals surface area contributed by atoms with Gasteiger partial charge in [-0.1, -0.05) is 12.1 Å². The number of carbonyl (C=O) groups excluding carboxylic acids is 2. The monoisotopic (exact) mass is 413 g/mol. The molecule has 0 bridgehead atoms. The number of amides is 2. The lowest BCUT2D eigenvalue weighted by atomic mass is 9.92. The fourth-order valence-corrected chi connectivity index (χ4v) is 3.17. The standard InChI is InChI=1S/C20H14F3N5O2/c21-10-2-1-3-12(6-10)26-20(30)27-16-8-11(22)7-14(17(16)23)18(29)15-9-24-19-13(15)4-5-25-28-19/h1-9,13,19,24H,(H2,26,27,30). The number of Topliss-reactive ketones (excluding diaryl/α,β-unsaturated/α-hetero) is 1.